The molecule has 3 aromatic rings. The van der Waals surface area contributed by atoms with E-state index in [1.54, 1.807) is 12.3 Å². The van der Waals surface area contributed by atoms with Crippen LogP contribution in [0.25, 0.3) is 11.3 Å². The molecule has 0 unspecified atom stereocenters. The van der Waals surface area contributed by atoms with Crippen molar-refractivity contribution in [3.05, 3.63) is 65.9 Å². The molecule has 30 heavy (non-hydrogen) atoms. The number of carbonyl (C=O) groups excluding carboxylic acids is 1. The van der Waals surface area contributed by atoms with Crippen LogP contribution < -0.4 is 15.1 Å². The monoisotopic (exact) mass is 405 g/mol. The van der Waals surface area contributed by atoms with Crippen molar-refractivity contribution in [1.29, 1.82) is 0 Å². The van der Waals surface area contributed by atoms with E-state index in [9.17, 15) is 4.79 Å². The van der Waals surface area contributed by atoms with Crippen LogP contribution in [0.2, 0.25) is 0 Å². The number of H-pyrrole nitrogens is 1. The lowest BCUT2D eigenvalue weighted by Gasteiger charge is -2.11. The Labute approximate surface area is 176 Å². The third-order valence-electron chi connectivity index (χ3n) is 4.53. The largest absolute Gasteiger partial charge is 0.493 e. The summed E-state index contributed by atoms with van der Waals surface area (Å²) in [6, 6.07) is 17.2. The molecule has 0 aliphatic rings. The maximum absolute atomic E-state index is 12.4. The van der Waals surface area contributed by atoms with Gasteiger partial charge in [-0.2, -0.15) is 10.2 Å². The predicted octanol–water partition coefficient (Wildman–Crippen LogP) is 4.09. The van der Waals surface area contributed by atoms with Crippen molar-refractivity contribution >= 4 is 17.8 Å². The van der Waals surface area contributed by atoms with E-state index < -0.39 is 0 Å². The summed E-state index contributed by atoms with van der Waals surface area (Å²) in [4.78, 5) is 14.4. The Morgan fingerprint density at radius 2 is 1.97 bits per heavy atom. The molecule has 0 aliphatic heterocycles. The Bertz CT molecular complexity index is 993. The first-order valence-corrected chi connectivity index (χ1v) is 9.97. The molecule has 7 nitrogen and oxygen atoms in total. The summed E-state index contributed by atoms with van der Waals surface area (Å²) in [5, 5.41) is 11.1. The summed E-state index contributed by atoms with van der Waals surface area (Å²) >= 11 is 0. The van der Waals surface area contributed by atoms with E-state index in [1.165, 1.54) is 0 Å². The van der Waals surface area contributed by atoms with Crippen LogP contribution in [-0.2, 0) is 0 Å². The Morgan fingerprint density at radius 3 is 2.70 bits per heavy atom. The van der Waals surface area contributed by atoms with Crippen molar-refractivity contribution < 1.29 is 9.53 Å². The zero-order valence-corrected chi connectivity index (χ0v) is 17.6. The molecule has 2 N–H and O–H groups in total. The fourth-order valence-electron chi connectivity index (χ4n) is 2.79. The highest BCUT2D eigenvalue weighted by atomic mass is 16.5. The summed E-state index contributed by atoms with van der Waals surface area (Å²) in [6.07, 6.45) is 3.65. The lowest BCUT2D eigenvalue weighted by Crippen LogP contribution is -2.18. The van der Waals surface area contributed by atoms with E-state index in [4.69, 9.17) is 4.74 Å². The number of hydrogen-bond acceptors (Lipinski definition) is 5. The van der Waals surface area contributed by atoms with Gasteiger partial charge in [0.1, 0.15) is 11.4 Å². The number of hydrogen-bond donors (Lipinski definition) is 2. The Balaban J connectivity index is 1.64. The van der Waals surface area contributed by atoms with Gasteiger partial charge in [0.25, 0.3) is 5.91 Å². The van der Waals surface area contributed by atoms with Gasteiger partial charge in [-0.25, -0.2) is 5.43 Å². The van der Waals surface area contributed by atoms with E-state index in [0.717, 1.165) is 35.4 Å². The van der Waals surface area contributed by atoms with E-state index in [-0.39, 0.29) is 5.91 Å². The number of aromatic nitrogens is 2. The van der Waals surface area contributed by atoms with Crippen molar-refractivity contribution in [1.82, 2.24) is 15.6 Å². The lowest BCUT2D eigenvalue weighted by molar-refractivity contribution is 0.0950. The highest BCUT2D eigenvalue weighted by Gasteiger charge is 2.13. The minimum atomic E-state index is -0.362. The van der Waals surface area contributed by atoms with Crippen molar-refractivity contribution in [2.75, 3.05) is 25.6 Å². The standard InChI is InChI=1S/C23H27N5O2/c1-4-5-14-30-22-9-7-6-8-19(22)20-15-21(26-25-20)23(29)27-24-16-17-10-12-18(13-11-17)28(2)3/h6-13,15-16H,4-5,14H2,1-3H3,(H,25,26)(H,27,29)/b24-16-. The highest BCUT2D eigenvalue weighted by Crippen LogP contribution is 2.28. The van der Waals surface area contributed by atoms with Gasteiger partial charge in [0.2, 0.25) is 0 Å². The number of rotatable bonds is 9. The number of aromatic amines is 1. The van der Waals surface area contributed by atoms with Crippen LogP contribution in [0.15, 0.2) is 59.7 Å². The second-order valence-corrected chi connectivity index (χ2v) is 7.05. The Morgan fingerprint density at radius 1 is 1.20 bits per heavy atom. The molecular weight excluding hydrogens is 378 g/mol. The molecule has 0 spiro atoms. The van der Waals surface area contributed by atoms with Crippen LogP contribution in [0.4, 0.5) is 5.69 Å². The van der Waals surface area contributed by atoms with Gasteiger partial charge in [0, 0.05) is 25.3 Å². The Kier molecular flexibility index (Phi) is 7.21. The highest BCUT2D eigenvalue weighted by molar-refractivity contribution is 5.94. The van der Waals surface area contributed by atoms with Gasteiger partial charge in [-0.15, -0.1) is 0 Å². The molecule has 0 bridgehead atoms. The van der Waals surface area contributed by atoms with Gasteiger partial charge in [-0.3, -0.25) is 9.89 Å². The molecule has 2 aromatic carbocycles. The lowest BCUT2D eigenvalue weighted by atomic mass is 10.1. The summed E-state index contributed by atoms with van der Waals surface area (Å²) < 4.78 is 5.86. The number of nitrogens with zero attached hydrogens (tertiary/aromatic N) is 3. The van der Waals surface area contributed by atoms with Crippen LogP contribution in [0.1, 0.15) is 35.8 Å². The zero-order valence-electron chi connectivity index (χ0n) is 17.6. The molecule has 0 radical (unpaired) electrons. The number of unbranched alkanes of at least 4 members (excludes halogenated alkanes) is 1. The van der Waals surface area contributed by atoms with Gasteiger partial charge in [-0.05, 0) is 42.3 Å². The normalized spacial score (nSPS) is 10.9. The first-order valence-electron chi connectivity index (χ1n) is 9.97. The van der Waals surface area contributed by atoms with Crippen LogP contribution in [0.3, 0.4) is 0 Å². The molecule has 7 heteroatoms. The van der Waals surface area contributed by atoms with E-state index in [0.29, 0.717) is 18.0 Å². The van der Waals surface area contributed by atoms with Crippen molar-refractivity contribution in [3.63, 3.8) is 0 Å². The van der Waals surface area contributed by atoms with Crippen molar-refractivity contribution in [3.8, 4) is 17.0 Å². The number of hydrazone groups is 1. The topological polar surface area (TPSA) is 82.6 Å². The number of amides is 1. The van der Waals surface area contributed by atoms with E-state index >= 15 is 0 Å². The van der Waals surface area contributed by atoms with Crippen molar-refractivity contribution in [2.45, 2.75) is 19.8 Å². The average Bonchev–Trinajstić information content (AvgIpc) is 3.25. The molecular formula is C23H27N5O2. The fraction of sp³-hybridized carbons (Fsp3) is 0.261. The summed E-state index contributed by atoms with van der Waals surface area (Å²) in [5.74, 6) is 0.392. The maximum atomic E-state index is 12.4. The third-order valence-corrected chi connectivity index (χ3v) is 4.53. The summed E-state index contributed by atoms with van der Waals surface area (Å²) in [7, 11) is 3.97. The van der Waals surface area contributed by atoms with Gasteiger partial charge in [-0.1, -0.05) is 37.6 Å². The van der Waals surface area contributed by atoms with Crippen LogP contribution in [0, 0.1) is 0 Å². The molecule has 0 fully saturated rings. The smallest absolute Gasteiger partial charge is 0.289 e. The zero-order chi connectivity index (χ0) is 21.3. The number of ether oxygens (including phenoxy) is 1. The van der Waals surface area contributed by atoms with Crippen LogP contribution in [-0.4, -0.2) is 43.0 Å². The first kappa shape index (κ1) is 21.1. The number of nitrogens with one attached hydrogen (secondary N) is 2. The molecule has 1 heterocycles. The van der Waals surface area contributed by atoms with Gasteiger partial charge in [0.15, 0.2) is 0 Å². The fourth-order valence-corrected chi connectivity index (χ4v) is 2.79. The first-order chi connectivity index (χ1) is 14.6. The number of anilines is 1. The SMILES string of the molecule is CCCCOc1ccccc1-c1cc(C(=O)N/N=C\c2ccc(N(C)C)cc2)[nH]n1. The predicted molar refractivity (Wildman–Crippen MR) is 120 cm³/mol. The second-order valence-electron chi connectivity index (χ2n) is 7.05. The molecule has 3 rings (SSSR count). The van der Waals surface area contributed by atoms with E-state index in [2.05, 4.69) is 27.6 Å². The number of para-hydroxylation sites is 1. The van der Waals surface area contributed by atoms with E-state index in [1.807, 2.05) is 67.5 Å². The van der Waals surface area contributed by atoms with Gasteiger partial charge < -0.3 is 9.64 Å². The molecule has 156 valence electrons. The molecule has 1 aromatic heterocycles. The quantitative estimate of drug-likeness (QED) is 0.319. The number of carbonyl (C=O) groups is 1. The minimum Gasteiger partial charge on any atom is -0.493 e. The number of benzene rings is 2. The maximum Gasteiger partial charge on any atom is 0.289 e. The van der Waals surface area contributed by atoms with Gasteiger partial charge in [0.05, 0.1) is 18.5 Å². The average molecular weight is 406 g/mol. The molecule has 0 saturated heterocycles. The minimum absolute atomic E-state index is 0.327. The molecule has 0 atom stereocenters. The summed E-state index contributed by atoms with van der Waals surface area (Å²) in [5.41, 5.74) is 6.33. The van der Waals surface area contributed by atoms with Gasteiger partial charge >= 0.3 is 0 Å². The molecule has 0 aliphatic carbocycles. The molecule has 0 saturated carbocycles. The summed E-state index contributed by atoms with van der Waals surface area (Å²) in [6.45, 7) is 2.77. The molecule has 1 amide bonds. The second kappa shape index (κ2) is 10.2. The van der Waals surface area contributed by atoms with Crippen LogP contribution >= 0.6 is 0 Å². The van der Waals surface area contributed by atoms with Crippen molar-refractivity contribution in [2.24, 2.45) is 5.10 Å². The van der Waals surface area contributed by atoms with Crippen LogP contribution in [0.5, 0.6) is 5.75 Å². The third kappa shape index (κ3) is 5.47. The Hall–Kier alpha value is -3.61.